The zero-order chi connectivity index (χ0) is 16.5. The third-order valence-electron chi connectivity index (χ3n) is 4.81. The fourth-order valence-electron chi connectivity index (χ4n) is 3.74. The maximum atomic E-state index is 13.9. The van der Waals surface area contributed by atoms with Crippen molar-refractivity contribution < 1.29 is 13.9 Å². The Morgan fingerprint density at radius 3 is 3.25 bits per heavy atom. The van der Waals surface area contributed by atoms with Crippen molar-refractivity contribution in [3.8, 4) is 5.75 Å². The summed E-state index contributed by atoms with van der Waals surface area (Å²) in [5.74, 6) is 2.31. The molecule has 3 heterocycles. The Bertz CT molecular complexity index is 731. The minimum Gasteiger partial charge on any atom is -0.467 e. The predicted octanol–water partition coefficient (Wildman–Crippen LogP) is 2.58. The van der Waals surface area contributed by atoms with E-state index in [1.165, 1.54) is 11.9 Å². The van der Waals surface area contributed by atoms with Crippen LogP contribution in [0.4, 0.5) is 4.39 Å². The normalized spacial score (nSPS) is 19.7. The maximum absolute atomic E-state index is 13.9. The van der Waals surface area contributed by atoms with E-state index in [2.05, 4.69) is 21.5 Å². The van der Waals surface area contributed by atoms with Gasteiger partial charge in [-0.05, 0) is 31.5 Å². The molecule has 0 amide bonds. The van der Waals surface area contributed by atoms with Crippen molar-refractivity contribution in [2.24, 2.45) is 5.92 Å². The molecule has 0 spiro atoms. The zero-order valence-corrected chi connectivity index (χ0v) is 13.9. The first-order valence-electron chi connectivity index (χ1n) is 8.39. The molecule has 0 fully saturated rings. The summed E-state index contributed by atoms with van der Waals surface area (Å²) < 4.78 is 26.9. The van der Waals surface area contributed by atoms with Gasteiger partial charge in [-0.15, -0.1) is 0 Å². The zero-order valence-electron chi connectivity index (χ0n) is 13.9. The third kappa shape index (κ3) is 3.16. The standard InChI is InChI=1S/C18H22FN3O2/c1-21(9-13-2-4-22-5-3-20-17(22)6-13)10-14-7-16(19)8-15-11-23-12-24-18(14)15/h3,5,7-8,13H,2,4,6,9-12H2,1H3/t13-/m1/s1. The van der Waals surface area contributed by atoms with Crippen molar-refractivity contribution in [1.82, 2.24) is 14.5 Å². The highest BCUT2D eigenvalue weighted by molar-refractivity contribution is 5.42. The van der Waals surface area contributed by atoms with Crippen molar-refractivity contribution in [1.29, 1.82) is 0 Å². The molecule has 0 bridgehead atoms. The fourth-order valence-corrected chi connectivity index (χ4v) is 3.74. The van der Waals surface area contributed by atoms with E-state index in [9.17, 15) is 4.39 Å². The Kier molecular flexibility index (Phi) is 4.24. The minimum atomic E-state index is -0.231. The van der Waals surface area contributed by atoms with Gasteiger partial charge in [-0.25, -0.2) is 9.37 Å². The number of hydrogen-bond acceptors (Lipinski definition) is 4. The summed E-state index contributed by atoms with van der Waals surface area (Å²) >= 11 is 0. The molecule has 128 valence electrons. The lowest BCUT2D eigenvalue weighted by atomic mass is 9.97. The van der Waals surface area contributed by atoms with Gasteiger partial charge in [0.15, 0.2) is 6.79 Å². The van der Waals surface area contributed by atoms with Crippen molar-refractivity contribution in [3.63, 3.8) is 0 Å². The number of imidazole rings is 1. The number of rotatable bonds is 4. The molecule has 0 saturated carbocycles. The fraction of sp³-hybridized carbons (Fsp3) is 0.500. The van der Waals surface area contributed by atoms with E-state index in [-0.39, 0.29) is 12.6 Å². The van der Waals surface area contributed by atoms with Gasteiger partial charge in [0.05, 0.1) is 6.61 Å². The van der Waals surface area contributed by atoms with E-state index in [4.69, 9.17) is 9.47 Å². The van der Waals surface area contributed by atoms with Gasteiger partial charge in [-0.2, -0.15) is 0 Å². The van der Waals surface area contributed by atoms with Crippen LogP contribution in [-0.2, 0) is 30.9 Å². The van der Waals surface area contributed by atoms with Crippen LogP contribution in [0.2, 0.25) is 0 Å². The summed E-state index contributed by atoms with van der Waals surface area (Å²) in [6, 6.07) is 3.08. The number of hydrogen-bond donors (Lipinski definition) is 0. The number of nitrogens with zero attached hydrogens (tertiary/aromatic N) is 3. The number of aromatic nitrogens is 2. The first-order valence-corrected chi connectivity index (χ1v) is 8.39. The highest BCUT2D eigenvalue weighted by Crippen LogP contribution is 2.30. The molecule has 5 nitrogen and oxygen atoms in total. The van der Waals surface area contributed by atoms with Gasteiger partial charge in [0.1, 0.15) is 17.4 Å². The van der Waals surface area contributed by atoms with Gasteiger partial charge in [-0.3, -0.25) is 0 Å². The highest BCUT2D eigenvalue weighted by atomic mass is 19.1. The van der Waals surface area contributed by atoms with Crippen LogP contribution in [0.1, 0.15) is 23.4 Å². The van der Waals surface area contributed by atoms with Crippen LogP contribution in [0.25, 0.3) is 0 Å². The average molecular weight is 331 g/mol. The molecule has 0 aliphatic carbocycles. The molecule has 0 radical (unpaired) electrons. The van der Waals surface area contributed by atoms with Crippen molar-refractivity contribution in [2.45, 2.75) is 32.5 Å². The first kappa shape index (κ1) is 15.6. The molecule has 2 aliphatic rings. The Hall–Kier alpha value is -1.92. The van der Waals surface area contributed by atoms with E-state index < -0.39 is 0 Å². The summed E-state index contributed by atoms with van der Waals surface area (Å²) in [5.41, 5.74) is 1.69. The molecular formula is C18H22FN3O2. The van der Waals surface area contributed by atoms with Crippen LogP contribution < -0.4 is 4.74 Å². The third-order valence-corrected chi connectivity index (χ3v) is 4.81. The van der Waals surface area contributed by atoms with Crippen LogP contribution in [0.5, 0.6) is 5.75 Å². The van der Waals surface area contributed by atoms with E-state index >= 15 is 0 Å². The smallest absolute Gasteiger partial charge is 0.189 e. The molecule has 1 aromatic carbocycles. The largest absolute Gasteiger partial charge is 0.467 e. The van der Waals surface area contributed by atoms with Gasteiger partial charge in [0.2, 0.25) is 0 Å². The Balaban J connectivity index is 1.43. The number of fused-ring (bicyclic) bond motifs is 2. The highest BCUT2D eigenvalue weighted by Gasteiger charge is 2.22. The van der Waals surface area contributed by atoms with Crippen molar-refractivity contribution in [3.05, 3.63) is 47.3 Å². The molecule has 2 aliphatic heterocycles. The minimum absolute atomic E-state index is 0.231. The summed E-state index contributed by atoms with van der Waals surface area (Å²) in [5, 5.41) is 0. The molecule has 1 atom stereocenters. The molecule has 6 heteroatoms. The van der Waals surface area contributed by atoms with E-state index in [0.29, 0.717) is 19.1 Å². The molecule has 24 heavy (non-hydrogen) atoms. The van der Waals surface area contributed by atoms with Gasteiger partial charge >= 0.3 is 0 Å². The SMILES string of the molecule is CN(Cc1cc(F)cc2c1OCOC2)C[C@@H]1CCn2ccnc2C1. The molecule has 2 aromatic rings. The Labute approximate surface area is 141 Å². The lowest BCUT2D eigenvalue weighted by molar-refractivity contribution is -0.0176. The van der Waals surface area contributed by atoms with E-state index in [1.54, 1.807) is 6.07 Å². The second-order valence-corrected chi connectivity index (χ2v) is 6.76. The lowest BCUT2D eigenvalue weighted by Crippen LogP contribution is -2.31. The van der Waals surface area contributed by atoms with Gasteiger partial charge in [-0.1, -0.05) is 0 Å². The predicted molar refractivity (Wildman–Crippen MR) is 87.1 cm³/mol. The summed E-state index contributed by atoms with van der Waals surface area (Å²) in [7, 11) is 2.08. The second-order valence-electron chi connectivity index (χ2n) is 6.76. The first-order chi connectivity index (χ1) is 11.7. The number of aryl methyl sites for hydroxylation is 1. The Morgan fingerprint density at radius 2 is 2.33 bits per heavy atom. The average Bonchev–Trinajstić information content (AvgIpc) is 3.02. The van der Waals surface area contributed by atoms with Gasteiger partial charge in [0, 0.05) is 49.6 Å². The summed E-state index contributed by atoms with van der Waals surface area (Å²) in [4.78, 5) is 6.68. The van der Waals surface area contributed by atoms with Crippen molar-refractivity contribution in [2.75, 3.05) is 20.4 Å². The molecule has 0 N–H and O–H groups in total. The molecular weight excluding hydrogens is 309 g/mol. The van der Waals surface area contributed by atoms with Crippen LogP contribution in [-0.4, -0.2) is 34.8 Å². The molecule has 1 aromatic heterocycles. The van der Waals surface area contributed by atoms with E-state index in [1.807, 2.05) is 12.4 Å². The summed E-state index contributed by atoms with van der Waals surface area (Å²) in [6.45, 7) is 3.32. The van der Waals surface area contributed by atoms with Gasteiger partial charge in [0.25, 0.3) is 0 Å². The topological polar surface area (TPSA) is 39.5 Å². The van der Waals surface area contributed by atoms with Gasteiger partial charge < -0.3 is 18.9 Å². The molecule has 4 rings (SSSR count). The Morgan fingerprint density at radius 1 is 1.42 bits per heavy atom. The number of benzene rings is 1. The second kappa shape index (κ2) is 6.53. The quantitative estimate of drug-likeness (QED) is 0.863. The monoisotopic (exact) mass is 331 g/mol. The van der Waals surface area contributed by atoms with Crippen LogP contribution in [0.15, 0.2) is 24.5 Å². The van der Waals surface area contributed by atoms with Crippen LogP contribution >= 0.6 is 0 Å². The molecule has 0 saturated heterocycles. The van der Waals surface area contributed by atoms with E-state index in [0.717, 1.165) is 42.8 Å². The van der Waals surface area contributed by atoms with Crippen LogP contribution in [0, 0.1) is 11.7 Å². The molecule has 0 unspecified atom stereocenters. The van der Waals surface area contributed by atoms with Crippen LogP contribution in [0.3, 0.4) is 0 Å². The van der Waals surface area contributed by atoms with Crippen molar-refractivity contribution >= 4 is 0 Å². The number of halogens is 1. The summed E-state index contributed by atoms with van der Waals surface area (Å²) in [6.07, 6.45) is 6.08. The maximum Gasteiger partial charge on any atom is 0.189 e. The number of ether oxygens (including phenoxy) is 2. The lowest BCUT2D eigenvalue weighted by Gasteiger charge is -2.29.